The monoisotopic (exact) mass is 178 g/mol. The standard InChI is InChI=1S/C10H12BFO/c1-10(2,3)13-9-5-7(11)4-8(12)6-9/h4-6H,1-3H3. The van der Waals surface area contributed by atoms with Crippen molar-refractivity contribution in [3.63, 3.8) is 0 Å². The van der Waals surface area contributed by atoms with Crippen molar-refractivity contribution in [2.75, 3.05) is 0 Å². The van der Waals surface area contributed by atoms with Crippen LogP contribution in [0.3, 0.4) is 0 Å². The van der Waals surface area contributed by atoms with E-state index < -0.39 is 0 Å². The first kappa shape index (κ1) is 10.1. The molecule has 0 spiro atoms. The maximum Gasteiger partial charge on any atom is 0.126 e. The van der Waals surface area contributed by atoms with E-state index >= 15 is 0 Å². The molecule has 2 radical (unpaired) electrons. The van der Waals surface area contributed by atoms with Gasteiger partial charge in [-0.1, -0.05) is 5.46 Å². The number of benzene rings is 1. The minimum atomic E-state index is -0.376. The van der Waals surface area contributed by atoms with Crippen LogP contribution in [0.5, 0.6) is 5.75 Å². The van der Waals surface area contributed by atoms with E-state index in [9.17, 15) is 4.39 Å². The highest BCUT2D eigenvalue weighted by Crippen LogP contribution is 2.17. The van der Waals surface area contributed by atoms with Gasteiger partial charge in [0.15, 0.2) is 0 Å². The Morgan fingerprint density at radius 1 is 1.23 bits per heavy atom. The van der Waals surface area contributed by atoms with Gasteiger partial charge in [0, 0.05) is 6.07 Å². The van der Waals surface area contributed by atoms with Gasteiger partial charge in [-0.05, 0) is 32.9 Å². The fraction of sp³-hybridized carbons (Fsp3) is 0.400. The lowest BCUT2D eigenvalue weighted by Gasteiger charge is -2.21. The van der Waals surface area contributed by atoms with Crippen molar-refractivity contribution in [3.05, 3.63) is 24.0 Å². The van der Waals surface area contributed by atoms with E-state index in [0.717, 1.165) is 0 Å². The third kappa shape index (κ3) is 3.49. The fourth-order valence-corrected chi connectivity index (χ4v) is 0.997. The Morgan fingerprint density at radius 2 is 1.85 bits per heavy atom. The van der Waals surface area contributed by atoms with Gasteiger partial charge in [0.1, 0.15) is 25.0 Å². The predicted molar refractivity (Wildman–Crippen MR) is 52.2 cm³/mol. The number of hydrogen-bond acceptors (Lipinski definition) is 1. The molecule has 0 aliphatic rings. The molecule has 0 fully saturated rings. The highest BCUT2D eigenvalue weighted by atomic mass is 19.1. The first-order valence-electron chi connectivity index (χ1n) is 4.12. The summed E-state index contributed by atoms with van der Waals surface area (Å²) < 4.78 is 18.3. The lowest BCUT2D eigenvalue weighted by Crippen LogP contribution is -2.23. The molecule has 0 saturated carbocycles. The Morgan fingerprint density at radius 3 is 2.31 bits per heavy atom. The zero-order chi connectivity index (χ0) is 10.1. The van der Waals surface area contributed by atoms with Crippen LogP contribution in [0.2, 0.25) is 0 Å². The lowest BCUT2D eigenvalue weighted by atomic mass is 9.96. The quantitative estimate of drug-likeness (QED) is 0.595. The highest BCUT2D eigenvalue weighted by Gasteiger charge is 2.12. The molecule has 0 atom stereocenters. The minimum absolute atomic E-state index is 0.333. The molecule has 0 N–H and O–H groups in total. The van der Waals surface area contributed by atoms with Crippen LogP contribution >= 0.6 is 0 Å². The minimum Gasteiger partial charge on any atom is -0.488 e. The van der Waals surface area contributed by atoms with Crippen molar-refractivity contribution < 1.29 is 9.13 Å². The maximum atomic E-state index is 12.8. The first-order valence-corrected chi connectivity index (χ1v) is 4.12. The summed E-state index contributed by atoms with van der Waals surface area (Å²) in [5, 5.41) is 0. The molecule has 1 nitrogen and oxygen atoms in total. The third-order valence-electron chi connectivity index (χ3n) is 1.32. The molecule has 1 aromatic carbocycles. The fourth-order valence-electron chi connectivity index (χ4n) is 0.997. The van der Waals surface area contributed by atoms with Gasteiger partial charge in [-0.2, -0.15) is 0 Å². The van der Waals surface area contributed by atoms with Crippen molar-refractivity contribution in [1.82, 2.24) is 0 Å². The molecule has 0 saturated heterocycles. The summed E-state index contributed by atoms with van der Waals surface area (Å²) >= 11 is 0. The van der Waals surface area contributed by atoms with Gasteiger partial charge in [-0.25, -0.2) is 4.39 Å². The Kier molecular flexibility index (Phi) is 2.64. The average molecular weight is 178 g/mol. The molecule has 68 valence electrons. The molecule has 0 bridgehead atoms. The van der Waals surface area contributed by atoms with Crippen LogP contribution in [-0.4, -0.2) is 13.4 Å². The van der Waals surface area contributed by atoms with E-state index in [1.807, 2.05) is 20.8 Å². The summed E-state index contributed by atoms with van der Waals surface area (Å²) in [6.45, 7) is 5.69. The van der Waals surface area contributed by atoms with Crippen LogP contribution in [-0.2, 0) is 0 Å². The lowest BCUT2D eigenvalue weighted by molar-refractivity contribution is 0.130. The highest BCUT2D eigenvalue weighted by molar-refractivity contribution is 6.32. The Balaban J connectivity index is 2.90. The van der Waals surface area contributed by atoms with Gasteiger partial charge in [0.05, 0.1) is 0 Å². The Hall–Kier alpha value is -0.985. The van der Waals surface area contributed by atoms with E-state index in [2.05, 4.69) is 0 Å². The van der Waals surface area contributed by atoms with Crippen molar-refractivity contribution in [2.24, 2.45) is 0 Å². The molecular formula is C10H12BFO. The normalized spacial score (nSPS) is 11.4. The van der Waals surface area contributed by atoms with E-state index in [1.165, 1.54) is 12.1 Å². The first-order chi connectivity index (χ1) is 5.87. The van der Waals surface area contributed by atoms with E-state index in [-0.39, 0.29) is 11.4 Å². The summed E-state index contributed by atoms with van der Waals surface area (Å²) in [4.78, 5) is 0. The second-order valence-corrected chi connectivity index (χ2v) is 3.93. The molecule has 0 aliphatic heterocycles. The van der Waals surface area contributed by atoms with E-state index in [1.54, 1.807) is 6.07 Å². The molecule has 0 heterocycles. The number of halogens is 1. The van der Waals surface area contributed by atoms with Crippen LogP contribution in [0.1, 0.15) is 20.8 Å². The Bertz CT molecular complexity index is 284. The second kappa shape index (κ2) is 3.40. The summed E-state index contributed by atoms with van der Waals surface area (Å²) in [6, 6.07) is 4.19. The van der Waals surface area contributed by atoms with Crippen LogP contribution in [0.25, 0.3) is 0 Å². The zero-order valence-corrected chi connectivity index (χ0v) is 8.10. The van der Waals surface area contributed by atoms with Crippen molar-refractivity contribution in [2.45, 2.75) is 26.4 Å². The van der Waals surface area contributed by atoms with Crippen LogP contribution in [0.4, 0.5) is 4.39 Å². The van der Waals surface area contributed by atoms with Crippen LogP contribution < -0.4 is 10.2 Å². The van der Waals surface area contributed by atoms with Crippen molar-refractivity contribution >= 4 is 13.3 Å². The van der Waals surface area contributed by atoms with Gasteiger partial charge >= 0.3 is 0 Å². The van der Waals surface area contributed by atoms with Crippen molar-refractivity contribution in [1.29, 1.82) is 0 Å². The van der Waals surface area contributed by atoms with Gasteiger partial charge in [0.2, 0.25) is 0 Å². The summed E-state index contributed by atoms with van der Waals surface area (Å²) in [7, 11) is 5.46. The molecule has 1 rings (SSSR count). The largest absolute Gasteiger partial charge is 0.488 e. The predicted octanol–water partition coefficient (Wildman–Crippen LogP) is 1.80. The number of hydrogen-bond donors (Lipinski definition) is 0. The Labute approximate surface area is 79.3 Å². The van der Waals surface area contributed by atoms with Crippen LogP contribution in [0.15, 0.2) is 18.2 Å². The SMILES string of the molecule is [B]c1cc(F)cc(OC(C)(C)C)c1. The zero-order valence-electron chi connectivity index (χ0n) is 8.10. The summed E-state index contributed by atoms with van der Waals surface area (Å²) in [5.41, 5.74) is 0.0412. The van der Waals surface area contributed by atoms with Gasteiger partial charge in [-0.15, -0.1) is 0 Å². The molecule has 0 unspecified atom stereocenters. The van der Waals surface area contributed by atoms with E-state index in [0.29, 0.717) is 11.2 Å². The molecule has 0 amide bonds. The molecule has 0 aliphatic carbocycles. The molecule has 0 aromatic heterocycles. The second-order valence-electron chi connectivity index (χ2n) is 3.93. The van der Waals surface area contributed by atoms with Gasteiger partial charge < -0.3 is 4.74 Å². The molecular weight excluding hydrogens is 166 g/mol. The van der Waals surface area contributed by atoms with Gasteiger partial charge in [0.25, 0.3) is 0 Å². The van der Waals surface area contributed by atoms with Gasteiger partial charge in [-0.3, -0.25) is 0 Å². The maximum absolute atomic E-state index is 12.8. The average Bonchev–Trinajstić information content (AvgIpc) is 1.78. The number of rotatable bonds is 1. The third-order valence-corrected chi connectivity index (χ3v) is 1.32. The molecule has 1 aromatic rings. The molecule has 13 heavy (non-hydrogen) atoms. The van der Waals surface area contributed by atoms with Crippen molar-refractivity contribution in [3.8, 4) is 5.75 Å². The summed E-state index contributed by atoms with van der Waals surface area (Å²) in [6.07, 6.45) is 0. The van der Waals surface area contributed by atoms with Crippen LogP contribution in [0, 0.1) is 5.82 Å². The van der Waals surface area contributed by atoms with E-state index in [4.69, 9.17) is 12.6 Å². The topological polar surface area (TPSA) is 9.23 Å². The molecule has 3 heteroatoms. The summed E-state index contributed by atoms with van der Waals surface area (Å²) in [5.74, 6) is 0.0873. The number of ether oxygens (including phenoxy) is 1. The smallest absolute Gasteiger partial charge is 0.126 e.